The van der Waals surface area contributed by atoms with Crippen molar-refractivity contribution >= 4 is 5.97 Å². The Kier molecular flexibility index (Phi) is 8.10. The van der Waals surface area contributed by atoms with E-state index in [9.17, 15) is 4.79 Å². The third-order valence-electron chi connectivity index (χ3n) is 3.28. The van der Waals surface area contributed by atoms with E-state index >= 15 is 0 Å². The van der Waals surface area contributed by atoms with Gasteiger partial charge in [-0.25, -0.2) is 0 Å². The van der Waals surface area contributed by atoms with Crippen LogP contribution in [0.3, 0.4) is 0 Å². The minimum absolute atomic E-state index is 0.263. The van der Waals surface area contributed by atoms with Crippen LogP contribution in [0.15, 0.2) is 30.3 Å². The van der Waals surface area contributed by atoms with E-state index < -0.39 is 0 Å². The average Bonchev–Trinajstić information content (AvgIpc) is 2.54. The number of nitrogens with zero attached hydrogens (tertiary/aromatic N) is 2. The summed E-state index contributed by atoms with van der Waals surface area (Å²) in [5.41, 5.74) is 0.920. The normalized spacial score (nSPS) is 11.9. The molecule has 5 nitrogen and oxygen atoms in total. The largest absolute Gasteiger partial charge is 0.469 e. The predicted molar refractivity (Wildman–Crippen MR) is 79.7 cm³/mol. The van der Waals surface area contributed by atoms with Crippen molar-refractivity contribution in [2.45, 2.75) is 12.3 Å². The number of nitriles is 1. The Morgan fingerprint density at radius 1 is 1.29 bits per heavy atom. The van der Waals surface area contributed by atoms with E-state index in [4.69, 9.17) is 14.7 Å². The van der Waals surface area contributed by atoms with Crippen LogP contribution in [0.25, 0.3) is 0 Å². The van der Waals surface area contributed by atoms with Gasteiger partial charge in [-0.1, -0.05) is 30.3 Å². The number of carbonyl (C=O) groups is 1. The molecule has 1 unspecified atom stereocenters. The monoisotopic (exact) mass is 290 g/mol. The zero-order valence-electron chi connectivity index (χ0n) is 12.6. The van der Waals surface area contributed by atoms with Crippen LogP contribution in [0.4, 0.5) is 0 Å². The summed E-state index contributed by atoms with van der Waals surface area (Å²) in [5.74, 6) is -0.618. The first-order chi connectivity index (χ1) is 10.2. The second-order valence-electron chi connectivity index (χ2n) is 4.69. The fourth-order valence-electron chi connectivity index (χ4n) is 2.12. The number of benzene rings is 1. The van der Waals surface area contributed by atoms with Gasteiger partial charge in [0.1, 0.15) is 0 Å². The van der Waals surface area contributed by atoms with Crippen molar-refractivity contribution in [2.75, 3.05) is 40.5 Å². The van der Waals surface area contributed by atoms with Gasteiger partial charge in [0.25, 0.3) is 0 Å². The molecule has 114 valence electrons. The molecule has 1 atom stereocenters. The number of methoxy groups -OCH3 is 2. The Morgan fingerprint density at radius 2 is 2.00 bits per heavy atom. The van der Waals surface area contributed by atoms with Crippen LogP contribution in [0, 0.1) is 11.3 Å². The van der Waals surface area contributed by atoms with Crippen molar-refractivity contribution in [2.24, 2.45) is 0 Å². The molecule has 1 rings (SSSR count). The molecule has 0 N–H and O–H groups in total. The molecule has 0 aliphatic carbocycles. The fraction of sp³-hybridized carbons (Fsp3) is 0.500. The highest BCUT2D eigenvalue weighted by molar-refractivity contribution is 5.78. The molecule has 0 saturated carbocycles. The minimum Gasteiger partial charge on any atom is -0.469 e. The van der Waals surface area contributed by atoms with E-state index in [1.54, 1.807) is 7.11 Å². The molecule has 1 aromatic rings. The average molecular weight is 290 g/mol. The topological polar surface area (TPSA) is 62.6 Å². The maximum Gasteiger partial charge on any atom is 0.314 e. The second kappa shape index (κ2) is 9.92. The Bertz CT molecular complexity index is 456. The van der Waals surface area contributed by atoms with E-state index in [0.717, 1.165) is 5.56 Å². The molecule has 0 amide bonds. The molecule has 0 aromatic heterocycles. The van der Waals surface area contributed by atoms with Crippen LogP contribution in [0.1, 0.15) is 17.9 Å². The van der Waals surface area contributed by atoms with E-state index in [0.29, 0.717) is 32.7 Å². The van der Waals surface area contributed by atoms with E-state index in [1.165, 1.54) is 7.11 Å². The van der Waals surface area contributed by atoms with Crippen LogP contribution in [0.2, 0.25) is 0 Å². The molecular weight excluding hydrogens is 268 g/mol. The number of rotatable bonds is 9. The zero-order valence-corrected chi connectivity index (χ0v) is 12.6. The van der Waals surface area contributed by atoms with Gasteiger partial charge in [0.15, 0.2) is 0 Å². The van der Waals surface area contributed by atoms with Crippen molar-refractivity contribution in [1.82, 2.24) is 4.90 Å². The molecule has 0 spiro atoms. The summed E-state index contributed by atoms with van der Waals surface area (Å²) in [7, 11) is 3.03. The zero-order chi connectivity index (χ0) is 15.5. The van der Waals surface area contributed by atoms with Gasteiger partial charge in [0.05, 0.1) is 25.7 Å². The first-order valence-corrected chi connectivity index (χ1v) is 6.94. The molecular formula is C16H22N2O3. The van der Waals surface area contributed by atoms with Gasteiger partial charge < -0.3 is 9.47 Å². The highest BCUT2D eigenvalue weighted by atomic mass is 16.5. The van der Waals surface area contributed by atoms with Crippen molar-refractivity contribution in [3.8, 4) is 6.07 Å². The Morgan fingerprint density at radius 3 is 2.57 bits per heavy atom. The molecule has 0 heterocycles. The maximum absolute atomic E-state index is 12.1. The summed E-state index contributed by atoms with van der Waals surface area (Å²) in [6.07, 6.45) is 0.423. The molecule has 5 heteroatoms. The first-order valence-electron chi connectivity index (χ1n) is 6.94. The fourth-order valence-corrected chi connectivity index (χ4v) is 2.12. The summed E-state index contributed by atoms with van der Waals surface area (Å²) in [6, 6.07) is 11.7. The lowest BCUT2D eigenvalue weighted by atomic mass is 9.98. The van der Waals surface area contributed by atoms with Gasteiger partial charge in [-0.2, -0.15) is 5.26 Å². The number of esters is 1. The lowest BCUT2D eigenvalue weighted by molar-refractivity contribution is -0.143. The Labute approximate surface area is 126 Å². The molecule has 0 radical (unpaired) electrons. The summed E-state index contributed by atoms with van der Waals surface area (Å²) in [4.78, 5) is 14.1. The van der Waals surface area contributed by atoms with Crippen LogP contribution in [0.5, 0.6) is 0 Å². The van der Waals surface area contributed by atoms with Crippen LogP contribution < -0.4 is 0 Å². The summed E-state index contributed by atoms with van der Waals surface area (Å²) in [5, 5.41) is 8.75. The van der Waals surface area contributed by atoms with Gasteiger partial charge in [-0.15, -0.1) is 0 Å². The van der Waals surface area contributed by atoms with Gasteiger partial charge >= 0.3 is 5.97 Å². The van der Waals surface area contributed by atoms with Crippen molar-refractivity contribution in [1.29, 1.82) is 5.26 Å². The van der Waals surface area contributed by atoms with Crippen LogP contribution in [-0.4, -0.2) is 51.3 Å². The molecule has 0 fully saturated rings. The highest BCUT2D eigenvalue weighted by Crippen LogP contribution is 2.19. The SMILES string of the molecule is COCCN(CCC#N)CC(C(=O)OC)c1ccccc1. The molecule has 0 bridgehead atoms. The number of hydrogen-bond donors (Lipinski definition) is 0. The van der Waals surface area contributed by atoms with E-state index in [-0.39, 0.29) is 11.9 Å². The van der Waals surface area contributed by atoms with Crippen LogP contribution >= 0.6 is 0 Å². The second-order valence-corrected chi connectivity index (χ2v) is 4.69. The summed E-state index contributed by atoms with van der Waals surface area (Å²) in [6.45, 7) is 2.37. The molecule has 1 aromatic carbocycles. The first kappa shape index (κ1) is 17.2. The summed E-state index contributed by atoms with van der Waals surface area (Å²) >= 11 is 0. The molecule has 0 aliphatic rings. The van der Waals surface area contributed by atoms with Gasteiger partial charge in [0.2, 0.25) is 0 Å². The lowest BCUT2D eigenvalue weighted by Gasteiger charge is -2.25. The third kappa shape index (κ3) is 5.94. The predicted octanol–water partition coefficient (Wildman–Crippen LogP) is 1.81. The van der Waals surface area contributed by atoms with E-state index in [2.05, 4.69) is 11.0 Å². The molecule has 0 aliphatic heterocycles. The molecule has 21 heavy (non-hydrogen) atoms. The van der Waals surface area contributed by atoms with Gasteiger partial charge in [-0.05, 0) is 5.56 Å². The van der Waals surface area contributed by atoms with E-state index in [1.807, 2.05) is 30.3 Å². The van der Waals surface area contributed by atoms with Gasteiger partial charge in [0, 0.05) is 33.2 Å². The van der Waals surface area contributed by atoms with Crippen molar-refractivity contribution in [3.63, 3.8) is 0 Å². The Balaban J connectivity index is 2.81. The number of hydrogen-bond acceptors (Lipinski definition) is 5. The Hall–Kier alpha value is -1.90. The standard InChI is InChI=1S/C16H22N2O3/c1-20-12-11-18(10-6-9-17)13-15(16(19)21-2)14-7-4-3-5-8-14/h3-5,7-8,15H,6,10-13H2,1-2H3. The number of carbonyl (C=O) groups excluding carboxylic acids is 1. The minimum atomic E-state index is -0.355. The lowest BCUT2D eigenvalue weighted by Crippen LogP contribution is -2.35. The van der Waals surface area contributed by atoms with Crippen LogP contribution in [-0.2, 0) is 14.3 Å². The maximum atomic E-state index is 12.1. The van der Waals surface area contributed by atoms with Crippen molar-refractivity contribution < 1.29 is 14.3 Å². The quantitative estimate of drug-likeness (QED) is 0.649. The van der Waals surface area contributed by atoms with Gasteiger partial charge in [-0.3, -0.25) is 9.69 Å². The highest BCUT2D eigenvalue weighted by Gasteiger charge is 2.24. The number of ether oxygens (including phenoxy) is 2. The molecule has 0 saturated heterocycles. The van der Waals surface area contributed by atoms with Crippen molar-refractivity contribution in [3.05, 3.63) is 35.9 Å². The third-order valence-corrected chi connectivity index (χ3v) is 3.28. The smallest absolute Gasteiger partial charge is 0.314 e. The summed E-state index contributed by atoms with van der Waals surface area (Å²) < 4.78 is 10.0.